The van der Waals surface area contributed by atoms with Crippen LogP contribution in [0.5, 0.6) is 5.75 Å². The summed E-state index contributed by atoms with van der Waals surface area (Å²) >= 11 is 1.58. The molecule has 0 atom stereocenters. The summed E-state index contributed by atoms with van der Waals surface area (Å²) in [7, 11) is 1.65. The van der Waals surface area contributed by atoms with E-state index in [0.717, 1.165) is 26.8 Å². The number of ether oxygens (including phenoxy) is 1. The summed E-state index contributed by atoms with van der Waals surface area (Å²) < 4.78 is 6.95. The van der Waals surface area contributed by atoms with Crippen molar-refractivity contribution in [3.8, 4) is 17.0 Å². The SMILES string of the molecule is COc1ccc(-c2c(C)sc3nc(N)nn23)cc1. The van der Waals surface area contributed by atoms with Gasteiger partial charge in [0.1, 0.15) is 5.75 Å². The molecule has 0 fully saturated rings. The maximum atomic E-state index is 5.62. The van der Waals surface area contributed by atoms with Gasteiger partial charge in [-0.25, -0.2) is 4.52 Å². The molecule has 1 aromatic carbocycles. The van der Waals surface area contributed by atoms with Crippen molar-refractivity contribution in [3.05, 3.63) is 29.1 Å². The van der Waals surface area contributed by atoms with E-state index >= 15 is 0 Å². The van der Waals surface area contributed by atoms with Gasteiger partial charge >= 0.3 is 0 Å². The lowest BCUT2D eigenvalue weighted by atomic mass is 10.1. The van der Waals surface area contributed by atoms with Crippen LogP contribution < -0.4 is 10.5 Å². The summed E-state index contributed by atoms with van der Waals surface area (Å²) in [6, 6.07) is 7.87. The molecule has 5 nitrogen and oxygen atoms in total. The van der Waals surface area contributed by atoms with E-state index < -0.39 is 0 Å². The Hall–Kier alpha value is -2.08. The third-order valence-electron chi connectivity index (χ3n) is 2.75. The van der Waals surface area contributed by atoms with Gasteiger partial charge in [-0.15, -0.1) is 5.10 Å². The maximum absolute atomic E-state index is 5.62. The number of aromatic nitrogens is 3. The smallest absolute Gasteiger partial charge is 0.241 e. The second kappa shape index (κ2) is 3.99. The molecule has 0 saturated carbocycles. The van der Waals surface area contributed by atoms with Crippen molar-refractivity contribution in [2.24, 2.45) is 0 Å². The van der Waals surface area contributed by atoms with E-state index in [-0.39, 0.29) is 0 Å². The number of hydrogen-bond acceptors (Lipinski definition) is 5. The van der Waals surface area contributed by atoms with Gasteiger partial charge in [-0.2, -0.15) is 4.98 Å². The molecule has 0 saturated heterocycles. The molecule has 3 rings (SSSR count). The Balaban J connectivity index is 2.19. The molecule has 0 spiro atoms. The van der Waals surface area contributed by atoms with E-state index in [1.807, 2.05) is 24.3 Å². The van der Waals surface area contributed by atoms with Crippen LogP contribution >= 0.6 is 11.3 Å². The van der Waals surface area contributed by atoms with Gasteiger partial charge in [0.05, 0.1) is 12.8 Å². The Morgan fingerprint density at radius 1 is 1.28 bits per heavy atom. The minimum atomic E-state index is 0.302. The zero-order valence-electron chi connectivity index (χ0n) is 10.0. The van der Waals surface area contributed by atoms with Gasteiger partial charge in [-0.05, 0) is 31.2 Å². The van der Waals surface area contributed by atoms with Gasteiger partial charge in [0.25, 0.3) is 0 Å². The monoisotopic (exact) mass is 260 g/mol. The molecular formula is C12H12N4OS. The highest BCUT2D eigenvalue weighted by atomic mass is 32.1. The third kappa shape index (κ3) is 1.62. The molecular weight excluding hydrogens is 248 g/mol. The summed E-state index contributed by atoms with van der Waals surface area (Å²) in [5.74, 6) is 1.14. The van der Waals surface area contributed by atoms with Gasteiger partial charge in [0.2, 0.25) is 10.9 Å². The second-order valence-corrected chi connectivity index (χ2v) is 5.08. The first-order valence-corrected chi connectivity index (χ1v) is 6.27. The molecule has 0 unspecified atom stereocenters. The normalized spacial score (nSPS) is 11.0. The topological polar surface area (TPSA) is 65.4 Å². The molecule has 0 aliphatic carbocycles. The van der Waals surface area contributed by atoms with Crippen molar-refractivity contribution >= 4 is 22.2 Å². The van der Waals surface area contributed by atoms with Crippen LogP contribution in [0.15, 0.2) is 24.3 Å². The van der Waals surface area contributed by atoms with Crippen molar-refractivity contribution in [3.63, 3.8) is 0 Å². The standard InChI is InChI=1S/C12H12N4OS/c1-7-10(8-3-5-9(17-2)6-4-8)16-12(18-7)14-11(13)15-16/h3-6H,1-2H3,(H2,13,15). The number of hydrogen-bond donors (Lipinski definition) is 1. The quantitative estimate of drug-likeness (QED) is 0.768. The number of anilines is 1. The van der Waals surface area contributed by atoms with Crippen LogP contribution in [0.2, 0.25) is 0 Å². The Morgan fingerprint density at radius 3 is 2.67 bits per heavy atom. The first-order valence-electron chi connectivity index (χ1n) is 5.45. The molecule has 0 amide bonds. The van der Waals surface area contributed by atoms with Crippen LogP contribution in [0.3, 0.4) is 0 Å². The number of nitrogen functional groups attached to an aromatic ring is 1. The number of nitrogens with two attached hydrogens (primary N) is 1. The van der Waals surface area contributed by atoms with E-state index in [2.05, 4.69) is 17.0 Å². The van der Waals surface area contributed by atoms with Crippen LogP contribution in [0.25, 0.3) is 16.2 Å². The van der Waals surface area contributed by atoms with Crippen LogP contribution in [0.4, 0.5) is 5.95 Å². The number of rotatable bonds is 2. The average Bonchev–Trinajstić information content (AvgIpc) is 2.84. The second-order valence-electron chi connectivity index (χ2n) is 3.90. The largest absolute Gasteiger partial charge is 0.497 e. The number of nitrogens with zero attached hydrogens (tertiary/aromatic N) is 3. The summed E-state index contributed by atoms with van der Waals surface area (Å²) in [5.41, 5.74) is 7.72. The van der Waals surface area contributed by atoms with Gasteiger partial charge in [-0.3, -0.25) is 0 Å². The highest BCUT2D eigenvalue weighted by Crippen LogP contribution is 2.31. The Bertz CT molecular complexity index is 699. The average molecular weight is 260 g/mol. The lowest BCUT2D eigenvalue weighted by Crippen LogP contribution is -1.93. The molecule has 2 N–H and O–H groups in total. The van der Waals surface area contributed by atoms with E-state index in [0.29, 0.717) is 5.95 Å². The number of fused-ring (bicyclic) bond motifs is 1. The minimum Gasteiger partial charge on any atom is -0.497 e. The maximum Gasteiger partial charge on any atom is 0.241 e. The number of thiazole rings is 1. The first kappa shape index (κ1) is 11.0. The lowest BCUT2D eigenvalue weighted by molar-refractivity contribution is 0.415. The van der Waals surface area contributed by atoms with Crippen LogP contribution in [-0.4, -0.2) is 21.7 Å². The number of aryl methyl sites for hydroxylation is 1. The van der Waals surface area contributed by atoms with Crippen molar-refractivity contribution in [1.82, 2.24) is 14.6 Å². The summed E-state index contributed by atoms with van der Waals surface area (Å²) in [6.07, 6.45) is 0. The minimum absolute atomic E-state index is 0.302. The van der Waals surface area contributed by atoms with Gasteiger partial charge in [-0.1, -0.05) is 11.3 Å². The molecule has 2 aromatic heterocycles. The van der Waals surface area contributed by atoms with E-state index in [1.54, 1.807) is 23.0 Å². The molecule has 0 bridgehead atoms. The Morgan fingerprint density at radius 2 is 2.00 bits per heavy atom. The van der Waals surface area contributed by atoms with Crippen LogP contribution in [-0.2, 0) is 0 Å². The molecule has 92 valence electrons. The van der Waals surface area contributed by atoms with Gasteiger partial charge < -0.3 is 10.5 Å². The Labute approximate surface area is 108 Å². The molecule has 0 radical (unpaired) electrons. The lowest BCUT2D eigenvalue weighted by Gasteiger charge is -2.03. The van der Waals surface area contributed by atoms with Crippen molar-refractivity contribution in [2.75, 3.05) is 12.8 Å². The fourth-order valence-corrected chi connectivity index (χ4v) is 2.87. The predicted octanol–water partition coefficient (Wildman–Crippen LogP) is 2.36. The highest BCUT2D eigenvalue weighted by Gasteiger charge is 2.14. The molecule has 0 aliphatic rings. The molecule has 6 heteroatoms. The summed E-state index contributed by atoms with van der Waals surface area (Å²) in [6.45, 7) is 2.05. The van der Waals surface area contributed by atoms with Crippen LogP contribution in [0.1, 0.15) is 4.88 Å². The fourth-order valence-electron chi connectivity index (χ4n) is 1.93. The molecule has 2 heterocycles. The molecule has 3 aromatic rings. The van der Waals surface area contributed by atoms with Crippen molar-refractivity contribution in [1.29, 1.82) is 0 Å². The predicted molar refractivity (Wildman–Crippen MR) is 72.0 cm³/mol. The third-order valence-corrected chi connectivity index (χ3v) is 3.69. The zero-order valence-corrected chi connectivity index (χ0v) is 10.9. The van der Waals surface area contributed by atoms with E-state index in [9.17, 15) is 0 Å². The highest BCUT2D eigenvalue weighted by molar-refractivity contribution is 7.17. The summed E-state index contributed by atoms with van der Waals surface area (Å²) in [5, 5.41) is 4.22. The van der Waals surface area contributed by atoms with Gasteiger partial charge in [0, 0.05) is 10.4 Å². The summed E-state index contributed by atoms with van der Waals surface area (Å²) in [4.78, 5) is 6.16. The molecule has 18 heavy (non-hydrogen) atoms. The van der Waals surface area contributed by atoms with Crippen LogP contribution in [0, 0.1) is 6.92 Å². The van der Waals surface area contributed by atoms with Crippen molar-refractivity contribution < 1.29 is 4.74 Å². The van der Waals surface area contributed by atoms with Gasteiger partial charge in [0.15, 0.2) is 0 Å². The van der Waals surface area contributed by atoms with E-state index in [1.165, 1.54) is 0 Å². The molecule has 0 aliphatic heterocycles. The van der Waals surface area contributed by atoms with Crippen molar-refractivity contribution in [2.45, 2.75) is 6.92 Å². The fraction of sp³-hybridized carbons (Fsp3) is 0.167. The number of methoxy groups -OCH3 is 1. The zero-order chi connectivity index (χ0) is 12.7. The Kier molecular flexibility index (Phi) is 2.45. The first-order chi connectivity index (χ1) is 8.69. The van der Waals surface area contributed by atoms with E-state index in [4.69, 9.17) is 10.5 Å². The number of benzene rings is 1.